The Morgan fingerprint density at radius 3 is 2.69 bits per heavy atom. The van der Waals surface area contributed by atoms with E-state index in [4.69, 9.17) is 5.73 Å². The van der Waals surface area contributed by atoms with Crippen LogP contribution < -0.4 is 5.73 Å². The number of amides is 2. The van der Waals surface area contributed by atoms with Gasteiger partial charge in [-0.05, 0) is 60.4 Å². The fourth-order valence-electron chi connectivity index (χ4n) is 3.16. The Morgan fingerprint density at radius 1 is 1.27 bits per heavy atom. The average molecular weight is 374 g/mol. The number of hydrogen-bond donors (Lipinski definition) is 1. The van der Waals surface area contributed by atoms with E-state index in [1.807, 2.05) is 26.0 Å². The van der Waals surface area contributed by atoms with E-state index in [1.54, 1.807) is 9.58 Å². The van der Waals surface area contributed by atoms with Crippen LogP contribution in [0.2, 0.25) is 0 Å². The summed E-state index contributed by atoms with van der Waals surface area (Å²) in [6.45, 7) is 5.09. The highest BCUT2D eigenvalue weighted by Crippen LogP contribution is 2.22. The van der Waals surface area contributed by atoms with E-state index in [0.29, 0.717) is 18.2 Å². The number of likely N-dealkylation sites (tertiary alicyclic amines) is 1. The minimum absolute atomic E-state index is 0.0316. The molecule has 1 saturated heterocycles. The van der Waals surface area contributed by atoms with Gasteiger partial charge in [-0.3, -0.25) is 9.59 Å². The first kappa shape index (κ1) is 18.4. The van der Waals surface area contributed by atoms with Gasteiger partial charge in [0.1, 0.15) is 0 Å². The van der Waals surface area contributed by atoms with Crippen LogP contribution in [0.5, 0.6) is 0 Å². The van der Waals surface area contributed by atoms with Gasteiger partial charge in [-0.2, -0.15) is 4.68 Å². The lowest BCUT2D eigenvalue weighted by molar-refractivity contribution is -0.132. The summed E-state index contributed by atoms with van der Waals surface area (Å²) in [5, 5.41) is 12.4. The monoisotopic (exact) mass is 374 g/mol. The molecule has 1 aromatic heterocycles. The number of aromatic nitrogens is 4. The van der Waals surface area contributed by atoms with Crippen LogP contribution in [-0.2, 0) is 9.59 Å². The predicted octanol–water partition coefficient (Wildman–Crippen LogP) is 1.10. The van der Waals surface area contributed by atoms with Crippen molar-refractivity contribution in [2.24, 2.45) is 11.7 Å². The van der Waals surface area contributed by atoms with Gasteiger partial charge < -0.3 is 10.6 Å². The number of tetrazole rings is 1. The largest absolute Gasteiger partial charge is 0.369 e. The molecule has 3 rings (SSSR count). The summed E-state index contributed by atoms with van der Waals surface area (Å²) in [7, 11) is 0. The molecule has 2 aromatic rings. The number of carbonyl (C=O) groups is 2. The van der Waals surface area contributed by atoms with E-state index in [2.05, 4.69) is 21.6 Å². The van der Waals surface area contributed by atoms with Crippen molar-refractivity contribution in [3.63, 3.8) is 0 Å². The van der Waals surface area contributed by atoms with Crippen LogP contribution in [0, 0.1) is 19.8 Å². The Hall–Kier alpha value is -2.42. The van der Waals surface area contributed by atoms with Crippen molar-refractivity contribution in [1.29, 1.82) is 0 Å². The molecule has 2 heterocycles. The topological polar surface area (TPSA) is 107 Å². The molecule has 26 heavy (non-hydrogen) atoms. The highest BCUT2D eigenvalue weighted by Gasteiger charge is 2.27. The van der Waals surface area contributed by atoms with E-state index >= 15 is 0 Å². The summed E-state index contributed by atoms with van der Waals surface area (Å²) in [5.41, 5.74) is 8.48. The van der Waals surface area contributed by atoms with Crippen molar-refractivity contribution in [3.8, 4) is 5.69 Å². The molecule has 0 bridgehead atoms. The maximum Gasteiger partial charge on any atom is 0.233 e. The van der Waals surface area contributed by atoms with Crippen molar-refractivity contribution < 1.29 is 9.59 Å². The lowest BCUT2D eigenvalue weighted by atomic mass is 9.97. The number of thioether (sulfide) groups is 1. The van der Waals surface area contributed by atoms with Crippen LogP contribution in [0.1, 0.15) is 24.0 Å². The van der Waals surface area contributed by atoms with E-state index in [0.717, 1.165) is 29.7 Å². The highest BCUT2D eigenvalue weighted by molar-refractivity contribution is 7.99. The van der Waals surface area contributed by atoms with Crippen molar-refractivity contribution in [2.75, 3.05) is 18.8 Å². The summed E-state index contributed by atoms with van der Waals surface area (Å²) < 4.78 is 1.64. The third kappa shape index (κ3) is 4.21. The van der Waals surface area contributed by atoms with Crippen LogP contribution in [0.3, 0.4) is 0 Å². The van der Waals surface area contributed by atoms with Gasteiger partial charge >= 0.3 is 0 Å². The first-order valence-electron chi connectivity index (χ1n) is 8.51. The Balaban J connectivity index is 1.66. The zero-order valence-electron chi connectivity index (χ0n) is 14.9. The van der Waals surface area contributed by atoms with E-state index < -0.39 is 0 Å². The summed E-state index contributed by atoms with van der Waals surface area (Å²) in [4.78, 5) is 25.6. The molecule has 1 fully saturated rings. The van der Waals surface area contributed by atoms with E-state index in [1.165, 1.54) is 11.8 Å². The normalized spacial score (nSPS) is 17.3. The molecule has 0 spiro atoms. The quantitative estimate of drug-likeness (QED) is 0.785. The van der Waals surface area contributed by atoms with Crippen LogP contribution in [-0.4, -0.2) is 55.8 Å². The van der Waals surface area contributed by atoms with Gasteiger partial charge in [-0.1, -0.05) is 17.8 Å². The molecular formula is C17H22N6O2S. The maximum absolute atomic E-state index is 12.5. The number of nitrogens with two attached hydrogens (primary N) is 1. The molecular weight excluding hydrogens is 352 g/mol. The summed E-state index contributed by atoms with van der Waals surface area (Å²) >= 11 is 1.29. The Morgan fingerprint density at radius 2 is 2.00 bits per heavy atom. The van der Waals surface area contributed by atoms with Gasteiger partial charge in [0.15, 0.2) is 0 Å². The summed E-state index contributed by atoms with van der Waals surface area (Å²) in [6, 6.07) is 6.07. The lowest BCUT2D eigenvalue weighted by Gasteiger charge is -2.31. The molecule has 1 aliphatic rings. The number of rotatable bonds is 5. The molecule has 0 radical (unpaired) electrons. The third-order valence-corrected chi connectivity index (χ3v) is 5.30. The average Bonchev–Trinajstić information content (AvgIpc) is 3.07. The molecule has 0 aliphatic carbocycles. The van der Waals surface area contributed by atoms with Gasteiger partial charge in [0.2, 0.25) is 17.0 Å². The molecule has 1 aromatic carbocycles. The second kappa shape index (κ2) is 7.86. The molecule has 0 unspecified atom stereocenters. The second-order valence-corrected chi connectivity index (χ2v) is 7.53. The first-order chi connectivity index (χ1) is 12.4. The number of carbonyl (C=O) groups excluding carboxylic acids is 2. The zero-order chi connectivity index (χ0) is 18.7. The minimum atomic E-state index is -0.339. The number of aryl methyl sites for hydroxylation is 2. The van der Waals surface area contributed by atoms with Crippen molar-refractivity contribution >= 4 is 23.6 Å². The highest BCUT2D eigenvalue weighted by atomic mass is 32.2. The van der Waals surface area contributed by atoms with Crippen molar-refractivity contribution in [2.45, 2.75) is 31.8 Å². The number of piperidine rings is 1. The summed E-state index contributed by atoms with van der Waals surface area (Å²) in [6.07, 6.45) is 1.54. The molecule has 1 atom stereocenters. The zero-order valence-corrected chi connectivity index (χ0v) is 15.7. The lowest BCUT2D eigenvalue weighted by Crippen LogP contribution is -2.44. The predicted molar refractivity (Wildman–Crippen MR) is 97.9 cm³/mol. The van der Waals surface area contributed by atoms with Gasteiger partial charge in [0.25, 0.3) is 0 Å². The molecule has 2 amide bonds. The van der Waals surface area contributed by atoms with Crippen LogP contribution >= 0.6 is 11.8 Å². The maximum atomic E-state index is 12.5. The number of nitrogens with zero attached hydrogens (tertiary/aromatic N) is 5. The molecule has 0 saturated carbocycles. The molecule has 2 N–H and O–H groups in total. The van der Waals surface area contributed by atoms with Crippen LogP contribution in [0.15, 0.2) is 23.4 Å². The first-order valence-corrected chi connectivity index (χ1v) is 9.49. The third-order valence-electron chi connectivity index (χ3n) is 4.39. The second-order valence-electron chi connectivity index (χ2n) is 6.59. The molecule has 8 nitrogen and oxygen atoms in total. The summed E-state index contributed by atoms with van der Waals surface area (Å²) in [5.74, 6) is -0.403. The Bertz CT molecular complexity index is 801. The molecule has 1 aliphatic heterocycles. The van der Waals surface area contributed by atoms with Gasteiger partial charge in [-0.15, -0.1) is 5.10 Å². The van der Waals surface area contributed by atoms with Crippen LogP contribution in [0.25, 0.3) is 5.69 Å². The molecule has 138 valence electrons. The van der Waals surface area contributed by atoms with Crippen molar-refractivity contribution in [1.82, 2.24) is 25.1 Å². The molecule has 9 heteroatoms. The fraction of sp³-hybridized carbons (Fsp3) is 0.471. The van der Waals surface area contributed by atoms with Crippen molar-refractivity contribution in [3.05, 3.63) is 29.3 Å². The number of benzene rings is 1. The van der Waals surface area contributed by atoms with Gasteiger partial charge in [0.05, 0.1) is 17.4 Å². The standard InChI is InChI=1S/C17H22N6O2S/c1-11-6-12(2)8-14(7-11)23-17(19-20-21-23)26-10-15(24)22-5-3-4-13(9-22)16(18)25/h6-8,13H,3-5,9-10H2,1-2H3,(H2,18,25)/t13-/m0/s1. The Labute approximate surface area is 156 Å². The van der Waals surface area contributed by atoms with Gasteiger partial charge in [0, 0.05) is 13.1 Å². The number of primary amides is 1. The fourth-order valence-corrected chi connectivity index (χ4v) is 3.95. The Kier molecular flexibility index (Phi) is 5.55. The van der Waals surface area contributed by atoms with Gasteiger partial charge in [-0.25, -0.2) is 0 Å². The van der Waals surface area contributed by atoms with E-state index in [-0.39, 0.29) is 23.5 Å². The minimum Gasteiger partial charge on any atom is -0.369 e. The van der Waals surface area contributed by atoms with Crippen LogP contribution in [0.4, 0.5) is 0 Å². The smallest absolute Gasteiger partial charge is 0.233 e. The SMILES string of the molecule is Cc1cc(C)cc(-n2nnnc2SCC(=O)N2CCC[C@H](C(N)=O)C2)c1. The number of hydrogen-bond acceptors (Lipinski definition) is 6. The van der Waals surface area contributed by atoms with E-state index in [9.17, 15) is 9.59 Å².